The lowest BCUT2D eigenvalue weighted by Gasteiger charge is -2.18. The highest BCUT2D eigenvalue weighted by atomic mass is 16.6. The molecule has 2 heterocycles. The third-order valence-corrected chi connectivity index (χ3v) is 1.68. The number of rotatable bonds is 0. The van der Waals surface area contributed by atoms with Crippen LogP contribution in [-0.4, -0.2) is 38.4 Å². The van der Waals surface area contributed by atoms with Crippen LogP contribution in [0.25, 0.3) is 0 Å². The lowest BCUT2D eigenvalue weighted by atomic mass is 10.3. The Bertz CT molecular complexity index is 137. The van der Waals surface area contributed by atoms with Gasteiger partial charge < -0.3 is 14.8 Å². The van der Waals surface area contributed by atoms with Gasteiger partial charge in [-0.05, 0) is 6.92 Å². The number of hydrogen-bond acceptors (Lipinski definition) is 4. The van der Waals surface area contributed by atoms with Crippen molar-refractivity contribution in [1.29, 1.82) is 0 Å². The van der Waals surface area contributed by atoms with Gasteiger partial charge in [-0.1, -0.05) is 0 Å². The first-order chi connectivity index (χ1) is 5.79. The van der Waals surface area contributed by atoms with Gasteiger partial charge in [0.25, 0.3) is 0 Å². The Kier molecular flexibility index (Phi) is 4.04. The average Bonchev–Trinajstić information content (AvgIpc) is 2.04. The number of morpholine rings is 1. The molecule has 1 N–H and O–H groups in total. The second kappa shape index (κ2) is 5.11. The van der Waals surface area contributed by atoms with E-state index in [9.17, 15) is 4.79 Å². The fraction of sp³-hybridized carbons (Fsp3) is 0.875. The lowest BCUT2D eigenvalue weighted by molar-refractivity contribution is -0.157. The van der Waals surface area contributed by atoms with Gasteiger partial charge in [-0.2, -0.15) is 0 Å². The van der Waals surface area contributed by atoms with E-state index in [1.165, 1.54) is 0 Å². The van der Waals surface area contributed by atoms with Crippen LogP contribution in [0.15, 0.2) is 0 Å². The molecule has 0 aromatic heterocycles. The summed E-state index contributed by atoms with van der Waals surface area (Å²) in [4.78, 5) is 9.68. The highest BCUT2D eigenvalue weighted by Crippen LogP contribution is 1.97. The maximum absolute atomic E-state index is 9.68. The molecule has 0 saturated carbocycles. The summed E-state index contributed by atoms with van der Waals surface area (Å²) in [6.07, 6.45) is 1.05. The van der Waals surface area contributed by atoms with Crippen LogP contribution >= 0.6 is 0 Å². The molecule has 2 rings (SSSR count). The maximum Gasteiger partial charge on any atom is 0.309 e. The molecule has 2 aliphatic rings. The summed E-state index contributed by atoms with van der Waals surface area (Å²) < 4.78 is 9.51. The van der Waals surface area contributed by atoms with Crippen molar-refractivity contribution in [2.75, 3.05) is 26.3 Å². The van der Waals surface area contributed by atoms with E-state index in [0.717, 1.165) is 19.7 Å². The number of cyclic esters (lactones) is 1. The number of carbonyl (C=O) groups excluding carboxylic acids is 1. The average molecular weight is 173 g/mol. The Morgan fingerprint density at radius 1 is 1.50 bits per heavy atom. The molecule has 0 radical (unpaired) electrons. The normalized spacial score (nSPS) is 27.8. The topological polar surface area (TPSA) is 47.6 Å². The van der Waals surface area contributed by atoms with Crippen molar-refractivity contribution >= 4 is 5.97 Å². The minimum Gasteiger partial charge on any atom is -0.465 e. The number of nitrogens with one attached hydrogen (secondary N) is 1. The Labute approximate surface area is 72.2 Å². The molecule has 70 valence electrons. The number of hydrogen-bond donors (Lipinski definition) is 1. The van der Waals surface area contributed by atoms with Crippen LogP contribution in [0, 0.1) is 0 Å². The first-order valence-corrected chi connectivity index (χ1v) is 4.27. The standard InChI is InChI=1S/C5H11NO.C3H4O2/c1-5-4-6-2-3-7-5;4-3-1-2-5-3/h5-6H,2-4H2,1H3;1-2H2. The van der Waals surface area contributed by atoms with Crippen LogP contribution in [0.3, 0.4) is 0 Å². The summed E-state index contributed by atoms with van der Waals surface area (Å²) in [6.45, 7) is 5.62. The van der Waals surface area contributed by atoms with Crippen LogP contribution in [0.5, 0.6) is 0 Å². The van der Waals surface area contributed by atoms with Crippen molar-refractivity contribution in [2.45, 2.75) is 19.4 Å². The molecule has 2 saturated heterocycles. The first-order valence-electron chi connectivity index (χ1n) is 4.27. The monoisotopic (exact) mass is 173 g/mol. The van der Waals surface area contributed by atoms with E-state index in [2.05, 4.69) is 17.0 Å². The second-order valence-electron chi connectivity index (χ2n) is 2.86. The van der Waals surface area contributed by atoms with Gasteiger partial charge in [0, 0.05) is 13.1 Å². The third kappa shape index (κ3) is 3.69. The summed E-state index contributed by atoms with van der Waals surface area (Å²) in [7, 11) is 0. The van der Waals surface area contributed by atoms with Crippen molar-refractivity contribution in [1.82, 2.24) is 5.32 Å². The van der Waals surface area contributed by atoms with Gasteiger partial charge in [-0.3, -0.25) is 4.79 Å². The van der Waals surface area contributed by atoms with Crippen molar-refractivity contribution in [3.05, 3.63) is 0 Å². The molecule has 2 fully saturated rings. The summed E-state index contributed by atoms with van der Waals surface area (Å²) in [5, 5.41) is 3.21. The molecule has 4 nitrogen and oxygen atoms in total. The van der Waals surface area contributed by atoms with Crippen molar-refractivity contribution in [3.63, 3.8) is 0 Å². The predicted octanol–water partition coefficient (Wildman–Crippen LogP) is -0.0720. The maximum atomic E-state index is 9.68. The number of esters is 1. The van der Waals surface area contributed by atoms with Gasteiger partial charge >= 0.3 is 5.97 Å². The number of carbonyl (C=O) groups is 1. The van der Waals surface area contributed by atoms with Gasteiger partial charge in [0.1, 0.15) is 6.61 Å². The van der Waals surface area contributed by atoms with E-state index >= 15 is 0 Å². The van der Waals surface area contributed by atoms with Crippen LogP contribution in [0.2, 0.25) is 0 Å². The predicted molar refractivity (Wildman–Crippen MR) is 43.9 cm³/mol. The quantitative estimate of drug-likeness (QED) is 0.521. The van der Waals surface area contributed by atoms with E-state index in [1.807, 2.05) is 0 Å². The van der Waals surface area contributed by atoms with E-state index in [1.54, 1.807) is 0 Å². The molecule has 1 unspecified atom stereocenters. The largest absolute Gasteiger partial charge is 0.465 e. The third-order valence-electron chi connectivity index (χ3n) is 1.68. The van der Waals surface area contributed by atoms with Gasteiger partial charge in [0.15, 0.2) is 0 Å². The molecule has 0 aromatic rings. The van der Waals surface area contributed by atoms with Gasteiger partial charge in [-0.15, -0.1) is 0 Å². The van der Waals surface area contributed by atoms with Crippen LogP contribution < -0.4 is 5.32 Å². The van der Waals surface area contributed by atoms with Crippen LogP contribution in [-0.2, 0) is 14.3 Å². The molecule has 1 atom stereocenters. The Balaban J connectivity index is 0.000000127. The lowest BCUT2D eigenvalue weighted by Crippen LogP contribution is -2.36. The fourth-order valence-electron chi connectivity index (χ4n) is 0.882. The summed E-state index contributed by atoms with van der Waals surface area (Å²) in [5.41, 5.74) is 0. The zero-order valence-corrected chi connectivity index (χ0v) is 7.34. The fourth-order valence-corrected chi connectivity index (χ4v) is 0.882. The zero-order chi connectivity index (χ0) is 8.81. The van der Waals surface area contributed by atoms with Crippen molar-refractivity contribution in [3.8, 4) is 0 Å². The molecule has 0 aliphatic carbocycles. The Morgan fingerprint density at radius 2 is 2.17 bits per heavy atom. The summed E-state index contributed by atoms with van der Waals surface area (Å²) in [6, 6.07) is 0. The molecule has 0 bridgehead atoms. The minimum atomic E-state index is -0.0648. The van der Waals surface area contributed by atoms with E-state index < -0.39 is 0 Å². The van der Waals surface area contributed by atoms with Gasteiger partial charge in [-0.25, -0.2) is 0 Å². The van der Waals surface area contributed by atoms with Crippen LogP contribution in [0.1, 0.15) is 13.3 Å². The SMILES string of the molecule is CC1CNCCO1.O=C1CCO1. The van der Waals surface area contributed by atoms with E-state index in [0.29, 0.717) is 19.1 Å². The van der Waals surface area contributed by atoms with Gasteiger partial charge in [0.05, 0.1) is 19.1 Å². The molecular weight excluding hydrogens is 158 g/mol. The summed E-state index contributed by atoms with van der Waals surface area (Å²) in [5.74, 6) is -0.0648. The molecular formula is C8H15NO3. The highest BCUT2D eigenvalue weighted by molar-refractivity contribution is 5.73. The molecule has 0 amide bonds. The van der Waals surface area contributed by atoms with Crippen molar-refractivity contribution < 1.29 is 14.3 Å². The van der Waals surface area contributed by atoms with Crippen LogP contribution in [0.4, 0.5) is 0 Å². The second-order valence-corrected chi connectivity index (χ2v) is 2.86. The molecule has 0 spiro atoms. The van der Waals surface area contributed by atoms with Crippen molar-refractivity contribution in [2.24, 2.45) is 0 Å². The van der Waals surface area contributed by atoms with E-state index in [-0.39, 0.29) is 5.97 Å². The zero-order valence-electron chi connectivity index (χ0n) is 7.34. The minimum absolute atomic E-state index is 0.0648. The smallest absolute Gasteiger partial charge is 0.309 e. The van der Waals surface area contributed by atoms with Gasteiger partial charge in [0.2, 0.25) is 0 Å². The molecule has 4 heteroatoms. The first kappa shape index (κ1) is 9.48. The highest BCUT2D eigenvalue weighted by Gasteiger charge is 2.11. The van der Waals surface area contributed by atoms with E-state index in [4.69, 9.17) is 4.74 Å². The molecule has 0 aromatic carbocycles. The molecule has 12 heavy (non-hydrogen) atoms. The molecule has 2 aliphatic heterocycles. The number of ether oxygens (including phenoxy) is 2. The Morgan fingerprint density at radius 3 is 2.33 bits per heavy atom. The Hall–Kier alpha value is -0.610. The summed E-state index contributed by atoms with van der Waals surface area (Å²) >= 11 is 0.